The molecular weight excluding hydrogens is 354 g/mol. The number of aryl methyl sites for hydroxylation is 1. The van der Waals surface area contributed by atoms with Crippen LogP contribution in [-0.4, -0.2) is 26.0 Å². The summed E-state index contributed by atoms with van der Waals surface area (Å²) in [6, 6.07) is 25.1. The fraction of sp³-hybridized carbons (Fsp3) is 0.130. The van der Waals surface area contributed by atoms with Crippen molar-refractivity contribution in [3.05, 3.63) is 102 Å². The standard InChI is InChI=1S/C14H10O4.C9H13N/c15-13(11-7-3-1-4-8-11)17-18-14(16)12-9-5-2-6-10-12;1-8-4-6-9(7-5-8)10(2)3/h1-10H;4-7H,1-3H3. The summed E-state index contributed by atoms with van der Waals surface area (Å²) in [6.45, 7) is 2.10. The summed E-state index contributed by atoms with van der Waals surface area (Å²) in [5, 5.41) is 0. The number of nitrogens with zero attached hydrogens (tertiary/aromatic N) is 1. The number of hydrogen-bond donors (Lipinski definition) is 0. The third-order valence-corrected chi connectivity index (χ3v) is 3.76. The smallest absolute Gasteiger partial charge is 0.378 e. The Labute approximate surface area is 165 Å². The first-order valence-electron chi connectivity index (χ1n) is 8.74. The second-order valence-electron chi connectivity index (χ2n) is 6.20. The molecule has 0 bridgehead atoms. The summed E-state index contributed by atoms with van der Waals surface area (Å²) in [4.78, 5) is 34.0. The number of carbonyl (C=O) groups is 2. The SMILES string of the molecule is Cc1ccc(N(C)C)cc1.O=C(OOC(=O)c1ccccc1)c1ccccc1. The summed E-state index contributed by atoms with van der Waals surface area (Å²) in [6.07, 6.45) is 0. The molecule has 0 unspecified atom stereocenters. The molecule has 0 saturated carbocycles. The van der Waals surface area contributed by atoms with Crippen LogP contribution in [0, 0.1) is 6.92 Å². The Morgan fingerprint density at radius 2 is 1.04 bits per heavy atom. The molecule has 0 fully saturated rings. The van der Waals surface area contributed by atoms with Crippen molar-refractivity contribution in [3.8, 4) is 0 Å². The predicted octanol–water partition coefficient (Wildman–Crippen LogP) is 4.68. The van der Waals surface area contributed by atoms with E-state index in [0.29, 0.717) is 11.1 Å². The van der Waals surface area contributed by atoms with Crippen molar-refractivity contribution in [3.63, 3.8) is 0 Å². The van der Waals surface area contributed by atoms with Crippen LogP contribution in [0.5, 0.6) is 0 Å². The lowest BCUT2D eigenvalue weighted by Gasteiger charge is -2.11. The normalized spacial score (nSPS) is 9.54. The highest BCUT2D eigenvalue weighted by Crippen LogP contribution is 2.10. The predicted molar refractivity (Wildman–Crippen MR) is 109 cm³/mol. The van der Waals surface area contributed by atoms with Gasteiger partial charge in [0.2, 0.25) is 0 Å². The van der Waals surface area contributed by atoms with Crippen LogP contribution in [0.3, 0.4) is 0 Å². The van der Waals surface area contributed by atoms with E-state index in [1.165, 1.54) is 11.3 Å². The molecule has 0 aromatic heterocycles. The van der Waals surface area contributed by atoms with Crippen LogP contribution in [0.15, 0.2) is 84.9 Å². The molecule has 0 aliphatic heterocycles. The molecule has 0 spiro atoms. The molecule has 144 valence electrons. The minimum Gasteiger partial charge on any atom is -0.378 e. The third-order valence-electron chi connectivity index (χ3n) is 3.76. The van der Waals surface area contributed by atoms with E-state index in [4.69, 9.17) is 0 Å². The zero-order chi connectivity index (χ0) is 20.4. The van der Waals surface area contributed by atoms with E-state index in [0.717, 1.165) is 0 Å². The van der Waals surface area contributed by atoms with Gasteiger partial charge < -0.3 is 4.90 Å². The summed E-state index contributed by atoms with van der Waals surface area (Å²) in [5.74, 6) is -1.42. The molecule has 3 rings (SSSR count). The molecule has 0 heterocycles. The van der Waals surface area contributed by atoms with E-state index in [9.17, 15) is 9.59 Å². The second kappa shape index (κ2) is 10.5. The van der Waals surface area contributed by atoms with E-state index >= 15 is 0 Å². The molecule has 28 heavy (non-hydrogen) atoms. The third kappa shape index (κ3) is 6.61. The summed E-state index contributed by atoms with van der Waals surface area (Å²) in [5.41, 5.74) is 3.20. The average molecular weight is 377 g/mol. The van der Waals surface area contributed by atoms with Crippen molar-refractivity contribution in [2.24, 2.45) is 0 Å². The van der Waals surface area contributed by atoms with Gasteiger partial charge in [-0.25, -0.2) is 19.4 Å². The molecule has 0 aliphatic rings. The van der Waals surface area contributed by atoms with E-state index in [1.54, 1.807) is 60.7 Å². The van der Waals surface area contributed by atoms with Crippen molar-refractivity contribution in [1.82, 2.24) is 0 Å². The number of hydrogen-bond acceptors (Lipinski definition) is 5. The molecule has 5 nitrogen and oxygen atoms in total. The Hall–Kier alpha value is -3.60. The fourth-order valence-corrected chi connectivity index (χ4v) is 2.16. The second-order valence-corrected chi connectivity index (χ2v) is 6.20. The number of carbonyl (C=O) groups excluding carboxylic acids is 2. The number of anilines is 1. The zero-order valence-electron chi connectivity index (χ0n) is 16.2. The van der Waals surface area contributed by atoms with E-state index < -0.39 is 11.9 Å². The quantitative estimate of drug-likeness (QED) is 0.490. The van der Waals surface area contributed by atoms with Crippen molar-refractivity contribution >= 4 is 17.6 Å². The van der Waals surface area contributed by atoms with Gasteiger partial charge in [-0.1, -0.05) is 54.1 Å². The van der Waals surface area contributed by atoms with Gasteiger partial charge in [-0.05, 0) is 43.3 Å². The van der Waals surface area contributed by atoms with Crippen LogP contribution in [0.1, 0.15) is 26.3 Å². The number of rotatable bonds is 3. The molecule has 0 saturated heterocycles. The summed E-state index contributed by atoms with van der Waals surface area (Å²) < 4.78 is 0. The van der Waals surface area contributed by atoms with Gasteiger partial charge in [0.15, 0.2) is 0 Å². The molecule has 5 heteroatoms. The zero-order valence-corrected chi connectivity index (χ0v) is 16.2. The minimum absolute atomic E-state index is 0.318. The van der Waals surface area contributed by atoms with E-state index in [2.05, 4.69) is 45.9 Å². The summed E-state index contributed by atoms with van der Waals surface area (Å²) >= 11 is 0. The lowest BCUT2D eigenvalue weighted by atomic mass is 10.2. The van der Waals surface area contributed by atoms with Crippen molar-refractivity contribution < 1.29 is 19.4 Å². The van der Waals surface area contributed by atoms with Gasteiger partial charge in [0.05, 0.1) is 11.1 Å². The van der Waals surface area contributed by atoms with E-state index in [-0.39, 0.29) is 0 Å². The Morgan fingerprint density at radius 3 is 1.39 bits per heavy atom. The van der Waals surface area contributed by atoms with Gasteiger partial charge in [-0.2, -0.15) is 0 Å². The first kappa shape index (κ1) is 20.7. The lowest BCUT2D eigenvalue weighted by molar-refractivity contribution is -0.187. The van der Waals surface area contributed by atoms with Crippen LogP contribution in [0.25, 0.3) is 0 Å². The first-order valence-corrected chi connectivity index (χ1v) is 8.74. The fourth-order valence-electron chi connectivity index (χ4n) is 2.16. The van der Waals surface area contributed by atoms with Crippen molar-refractivity contribution in [2.45, 2.75) is 6.92 Å². The van der Waals surface area contributed by atoms with Gasteiger partial charge in [0.25, 0.3) is 0 Å². The van der Waals surface area contributed by atoms with Crippen LogP contribution in [0.4, 0.5) is 5.69 Å². The summed E-state index contributed by atoms with van der Waals surface area (Å²) in [7, 11) is 4.09. The Balaban J connectivity index is 0.000000237. The minimum atomic E-state index is -0.708. The molecule has 0 aliphatic carbocycles. The maximum absolute atomic E-state index is 11.5. The van der Waals surface area contributed by atoms with Crippen LogP contribution >= 0.6 is 0 Å². The van der Waals surface area contributed by atoms with Gasteiger partial charge in [0, 0.05) is 19.8 Å². The maximum Gasteiger partial charge on any atom is 0.386 e. The van der Waals surface area contributed by atoms with Crippen molar-refractivity contribution in [1.29, 1.82) is 0 Å². The number of benzene rings is 3. The van der Waals surface area contributed by atoms with Gasteiger partial charge in [0.1, 0.15) is 0 Å². The molecule has 0 atom stereocenters. The van der Waals surface area contributed by atoms with Crippen LogP contribution in [0.2, 0.25) is 0 Å². The molecule has 0 radical (unpaired) electrons. The molecule has 0 amide bonds. The van der Waals surface area contributed by atoms with Gasteiger partial charge in [-0.3, -0.25) is 0 Å². The molecular formula is C23H23NO4. The van der Waals surface area contributed by atoms with Gasteiger partial charge in [-0.15, -0.1) is 0 Å². The van der Waals surface area contributed by atoms with E-state index in [1.807, 2.05) is 14.1 Å². The van der Waals surface area contributed by atoms with Crippen LogP contribution in [-0.2, 0) is 9.78 Å². The Bertz CT molecular complexity index is 824. The largest absolute Gasteiger partial charge is 0.386 e. The topological polar surface area (TPSA) is 55.8 Å². The van der Waals surface area contributed by atoms with Gasteiger partial charge >= 0.3 is 11.9 Å². The first-order chi connectivity index (χ1) is 13.5. The maximum atomic E-state index is 11.5. The highest BCUT2D eigenvalue weighted by Gasteiger charge is 2.13. The molecule has 3 aromatic rings. The average Bonchev–Trinajstić information content (AvgIpc) is 2.74. The highest BCUT2D eigenvalue weighted by atomic mass is 17.2. The Kier molecular flexibility index (Phi) is 7.78. The lowest BCUT2D eigenvalue weighted by Crippen LogP contribution is -2.11. The highest BCUT2D eigenvalue weighted by molar-refractivity contribution is 5.92. The Morgan fingerprint density at radius 1 is 0.643 bits per heavy atom. The molecule has 3 aromatic carbocycles. The van der Waals surface area contributed by atoms with Crippen LogP contribution < -0.4 is 4.90 Å². The molecule has 0 N–H and O–H groups in total. The van der Waals surface area contributed by atoms with Crippen molar-refractivity contribution in [2.75, 3.05) is 19.0 Å². The monoisotopic (exact) mass is 377 g/mol.